The first-order chi connectivity index (χ1) is 9.77. The van der Waals surface area contributed by atoms with E-state index in [2.05, 4.69) is 21.2 Å². The molecule has 6 heteroatoms. The molecular formula is C15H17BrF3NO. The van der Waals surface area contributed by atoms with Gasteiger partial charge in [-0.15, -0.1) is 0 Å². The summed E-state index contributed by atoms with van der Waals surface area (Å²) in [6.07, 6.45) is -0.447. The first-order valence-corrected chi connectivity index (χ1v) is 7.72. The lowest BCUT2D eigenvalue weighted by atomic mass is 9.67. The summed E-state index contributed by atoms with van der Waals surface area (Å²) in [5, 5.41) is 2.67. The van der Waals surface area contributed by atoms with Gasteiger partial charge in [0.1, 0.15) is 0 Å². The molecular weight excluding hydrogens is 347 g/mol. The van der Waals surface area contributed by atoms with Gasteiger partial charge in [-0.2, -0.15) is 13.2 Å². The van der Waals surface area contributed by atoms with Crippen molar-refractivity contribution in [3.63, 3.8) is 0 Å². The molecule has 2 rings (SSSR count). The number of benzene rings is 1. The highest BCUT2D eigenvalue weighted by atomic mass is 79.9. The van der Waals surface area contributed by atoms with Crippen LogP contribution in [0.3, 0.4) is 0 Å². The monoisotopic (exact) mass is 363 g/mol. The number of alkyl halides is 3. The van der Waals surface area contributed by atoms with E-state index in [1.807, 2.05) is 6.92 Å². The van der Waals surface area contributed by atoms with Gasteiger partial charge in [0.25, 0.3) is 5.91 Å². The van der Waals surface area contributed by atoms with E-state index in [1.54, 1.807) is 0 Å². The standard InChI is InChI=1S/C15H17BrF3NO/c1-2-14(6-3-7-14)9-20-13(21)11-5-4-10(16)8-12(11)15(17,18)19/h4-5,8H,2-3,6-7,9H2,1H3,(H,20,21). The van der Waals surface area contributed by atoms with Crippen molar-refractivity contribution in [3.05, 3.63) is 33.8 Å². The molecule has 0 spiro atoms. The molecule has 0 saturated heterocycles. The Labute approximate surface area is 130 Å². The van der Waals surface area contributed by atoms with Gasteiger partial charge in [-0.05, 0) is 42.9 Å². The molecule has 1 aromatic carbocycles. The van der Waals surface area contributed by atoms with Crippen LogP contribution >= 0.6 is 15.9 Å². The topological polar surface area (TPSA) is 29.1 Å². The van der Waals surface area contributed by atoms with Crippen molar-refractivity contribution in [2.45, 2.75) is 38.8 Å². The Morgan fingerprint density at radius 1 is 1.38 bits per heavy atom. The van der Waals surface area contributed by atoms with Crippen molar-refractivity contribution in [2.75, 3.05) is 6.54 Å². The van der Waals surface area contributed by atoms with Crippen LogP contribution < -0.4 is 5.32 Å². The lowest BCUT2D eigenvalue weighted by Gasteiger charge is -2.41. The number of hydrogen-bond donors (Lipinski definition) is 1. The zero-order chi connectivity index (χ0) is 15.7. The zero-order valence-electron chi connectivity index (χ0n) is 11.7. The molecule has 2 nitrogen and oxygen atoms in total. The first kappa shape index (κ1) is 16.3. The summed E-state index contributed by atoms with van der Waals surface area (Å²) >= 11 is 3.01. The highest BCUT2D eigenvalue weighted by molar-refractivity contribution is 9.10. The third-order valence-electron chi connectivity index (χ3n) is 4.32. The van der Waals surface area contributed by atoms with E-state index >= 15 is 0 Å². The molecule has 21 heavy (non-hydrogen) atoms. The SMILES string of the molecule is CCC1(CNC(=O)c2ccc(Br)cc2C(F)(F)F)CCC1. The number of carbonyl (C=O) groups is 1. The summed E-state index contributed by atoms with van der Waals surface area (Å²) < 4.78 is 39.3. The molecule has 0 bridgehead atoms. The maximum absolute atomic E-state index is 13.0. The van der Waals surface area contributed by atoms with Crippen LogP contribution in [0.25, 0.3) is 0 Å². The molecule has 0 atom stereocenters. The molecule has 1 aliphatic rings. The first-order valence-electron chi connectivity index (χ1n) is 6.92. The lowest BCUT2D eigenvalue weighted by molar-refractivity contribution is -0.138. The third-order valence-corrected chi connectivity index (χ3v) is 4.81. The van der Waals surface area contributed by atoms with Gasteiger partial charge in [-0.3, -0.25) is 4.79 Å². The van der Waals surface area contributed by atoms with Gasteiger partial charge in [0.15, 0.2) is 0 Å². The molecule has 1 fully saturated rings. The molecule has 116 valence electrons. The molecule has 1 amide bonds. The number of carbonyl (C=O) groups excluding carboxylic acids is 1. The quantitative estimate of drug-likeness (QED) is 0.819. The van der Waals surface area contributed by atoms with Gasteiger partial charge in [0.05, 0.1) is 11.1 Å². The van der Waals surface area contributed by atoms with E-state index in [0.29, 0.717) is 11.0 Å². The Hall–Kier alpha value is -1.04. The van der Waals surface area contributed by atoms with Crippen molar-refractivity contribution in [1.29, 1.82) is 0 Å². The Kier molecular flexibility index (Phi) is 4.66. The Morgan fingerprint density at radius 3 is 2.52 bits per heavy atom. The summed E-state index contributed by atoms with van der Waals surface area (Å²) in [6, 6.07) is 3.60. The van der Waals surface area contributed by atoms with E-state index in [0.717, 1.165) is 31.7 Å². The summed E-state index contributed by atoms with van der Waals surface area (Å²) in [7, 11) is 0. The number of rotatable bonds is 4. The van der Waals surface area contributed by atoms with E-state index in [9.17, 15) is 18.0 Å². The maximum atomic E-state index is 13.0. The maximum Gasteiger partial charge on any atom is 0.417 e. The fourth-order valence-corrected chi connectivity index (χ4v) is 3.01. The Balaban J connectivity index is 2.16. The van der Waals surface area contributed by atoms with Crippen LogP contribution in [0.2, 0.25) is 0 Å². The van der Waals surface area contributed by atoms with E-state index in [1.165, 1.54) is 12.1 Å². The van der Waals surface area contributed by atoms with Gasteiger partial charge >= 0.3 is 6.18 Å². The summed E-state index contributed by atoms with van der Waals surface area (Å²) in [5.74, 6) is -0.658. The van der Waals surface area contributed by atoms with Crippen LogP contribution in [0.1, 0.15) is 48.5 Å². The number of nitrogens with one attached hydrogen (secondary N) is 1. The fourth-order valence-electron chi connectivity index (χ4n) is 2.64. The highest BCUT2D eigenvalue weighted by Gasteiger charge is 2.37. The number of halogens is 4. The minimum absolute atomic E-state index is 0.0728. The minimum Gasteiger partial charge on any atom is -0.351 e. The summed E-state index contributed by atoms with van der Waals surface area (Å²) in [6.45, 7) is 2.49. The molecule has 1 aliphatic carbocycles. The zero-order valence-corrected chi connectivity index (χ0v) is 13.3. The smallest absolute Gasteiger partial charge is 0.351 e. The van der Waals surface area contributed by atoms with Gasteiger partial charge in [0.2, 0.25) is 0 Å². The number of amides is 1. The van der Waals surface area contributed by atoms with Crippen molar-refractivity contribution in [3.8, 4) is 0 Å². The average molecular weight is 364 g/mol. The molecule has 0 unspecified atom stereocenters. The predicted molar refractivity (Wildman–Crippen MR) is 78.1 cm³/mol. The minimum atomic E-state index is -4.55. The second-order valence-corrected chi connectivity index (χ2v) is 6.49. The van der Waals surface area contributed by atoms with Gasteiger partial charge < -0.3 is 5.32 Å². The van der Waals surface area contributed by atoms with E-state index in [4.69, 9.17) is 0 Å². The largest absolute Gasteiger partial charge is 0.417 e. The van der Waals surface area contributed by atoms with Crippen molar-refractivity contribution in [1.82, 2.24) is 5.32 Å². The predicted octanol–water partition coefficient (Wildman–Crippen LogP) is 4.78. The van der Waals surface area contributed by atoms with Gasteiger partial charge in [-0.25, -0.2) is 0 Å². The van der Waals surface area contributed by atoms with Crippen LogP contribution in [0.4, 0.5) is 13.2 Å². The lowest BCUT2D eigenvalue weighted by Crippen LogP contribution is -2.42. The summed E-state index contributed by atoms with van der Waals surface area (Å²) in [4.78, 5) is 12.1. The van der Waals surface area contributed by atoms with Gasteiger partial charge in [-0.1, -0.05) is 29.3 Å². The summed E-state index contributed by atoms with van der Waals surface area (Å²) in [5.41, 5.74) is -1.16. The normalized spacial score (nSPS) is 17.2. The molecule has 1 saturated carbocycles. The van der Waals surface area contributed by atoms with Gasteiger partial charge in [0, 0.05) is 11.0 Å². The van der Waals surface area contributed by atoms with Crippen LogP contribution in [-0.2, 0) is 6.18 Å². The third kappa shape index (κ3) is 3.59. The second-order valence-electron chi connectivity index (χ2n) is 5.58. The second kappa shape index (κ2) is 5.99. The molecule has 1 aromatic rings. The van der Waals surface area contributed by atoms with Crippen LogP contribution in [0.15, 0.2) is 22.7 Å². The van der Waals surface area contributed by atoms with Crippen molar-refractivity contribution >= 4 is 21.8 Å². The molecule has 0 aromatic heterocycles. The van der Waals surface area contributed by atoms with Crippen LogP contribution in [-0.4, -0.2) is 12.5 Å². The van der Waals surface area contributed by atoms with Crippen LogP contribution in [0.5, 0.6) is 0 Å². The Bertz CT molecular complexity index is 533. The van der Waals surface area contributed by atoms with Crippen molar-refractivity contribution < 1.29 is 18.0 Å². The average Bonchev–Trinajstić information content (AvgIpc) is 2.36. The van der Waals surface area contributed by atoms with E-state index < -0.39 is 17.6 Å². The molecule has 0 heterocycles. The molecule has 1 N–H and O–H groups in total. The number of hydrogen-bond acceptors (Lipinski definition) is 1. The van der Waals surface area contributed by atoms with E-state index in [-0.39, 0.29) is 11.0 Å². The highest BCUT2D eigenvalue weighted by Crippen LogP contribution is 2.43. The van der Waals surface area contributed by atoms with Crippen LogP contribution in [0, 0.1) is 5.41 Å². The molecule has 0 aliphatic heterocycles. The fraction of sp³-hybridized carbons (Fsp3) is 0.533. The molecule has 0 radical (unpaired) electrons. The van der Waals surface area contributed by atoms with Crippen molar-refractivity contribution in [2.24, 2.45) is 5.41 Å². The Morgan fingerprint density at radius 2 is 2.05 bits per heavy atom.